The molecule has 1 unspecified atom stereocenters. The number of nitrogens with zero attached hydrogens (tertiary/aromatic N) is 1. The number of hydrogen-bond acceptors (Lipinski definition) is 3. The van der Waals surface area contributed by atoms with E-state index in [1.807, 2.05) is 32.9 Å². The van der Waals surface area contributed by atoms with Crippen molar-refractivity contribution < 1.29 is 13.2 Å². The molecule has 0 saturated carbocycles. The monoisotopic (exact) mass is 378 g/mol. The van der Waals surface area contributed by atoms with Crippen LogP contribution in [0.4, 0.5) is 5.69 Å². The summed E-state index contributed by atoms with van der Waals surface area (Å²) in [4.78, 5) is 12.8. The molecule has 1 N–H and O–H groups in total. The Kier molecular flexibility index (Phi) is 6.87. The van der Waals surface area contributed by atoms with Crippen LogP contribution in [-0.2, 0) is 14.8 Å². The second-order valence-corrected chi connectivity index (χ2v) is 8.94. The number of amides is 1. The van der Waals surface area contributed by atoms with Gasteiger partial charge in [-0.1, -0.05) is 24.6 Å². The zero-order chi connectivity index (χ0) is 19.3. The van der Waals surface area contributed by atoms with E-state index >= 15 is 0 Å². The fraction of sp³-hybridized carbons (Fsp3) is 0.550. The third kappa shape index (κ3) is 5.10. The third-order valence-corrected chi connectivity index (χ3v) is 6.13. The zero-order valence-electron chi connectivity index (χ0n) is 16.2. The van der Waals surface area contributed by atoms with Gasteiger partial charge in [-0.3, -0.25) is 9.10 Å². The Morgan fingerprint density at radius 1 is 1.23 bits per heavy atom. The lowest BCUT2D eigenvalue weighted by Crippen LogP contribution is -2.49. The maximum atomic E-state index is 12.8. The Labute approximate surface area is 157 Å². The summed E-state index contributed by atoms with van der Waals surface area (Å²) < 4.78 is 26.2. The van der Waals surface area contributed by atoms with Crippen molar-refractivity contribution in [3.8, 4) is 0 Å². The van der Waals surface area contributed by atoms with Gasteiger partial charge in [0.1, 0.15) is 6.04 Å². The van der Waals surface area contributed by atoms with Crippen LogP contribution >= 0.6 is 0 Å². The van der Waals surface area contributed by atoms with Crippen LogP contribution in [0.5, 0.6) is 0 Å². The van der Waals surface area contributed by atoms with Gasteiger partial charge in [-0.05, 0) is 69.2 Å². The van der Waals surface area contributed by atoms with Crippen molar-refractivity contribution >= 4 is 21.6 Å². The van der Waals surface area contributed by atoms with Gasteiger partial charge in [-0.15, -0.1) is 0 Å². The number of carbonyl (C=O) groups is 1. The van der Waals surface area contributed by atoms with Crippen LogP contribution in [0.1, 0.15) is 50.2 Å². The molecule has 26 heavy (non-hydrogen) atoms. The molecular formula is C20H30N2O3S. The second kappa shape index (κ2) is 8.71. The number of nitrogens with one attached hydrogen (secondary N) is 1. The summed E-state index contributed by atoms with van der Waals surface area (Å²) in [5, 5.41) is 2.94. The first-order valence-electron chi connectivity index (χ1n) is 9.26. The van der Waals surface area contributed by atoms with Gasteiger partial charge in [-0.2, -0.15) is 0 Å². The van der Waals surface area contributed by atoms with Crippen LogP contribution in [0.2, 0.25) is 0 Å². The van der Waals surface area contributed by atoms with E-state index in [4.69, 9.17) is 0 Å². The quantitative estimate of drug-likeness (QED) is 0.739. The number of anilines is 1. The molecule has 1 atom stereocenters. The Morgan fingerprint density at radius 2 is 1.96 bits per heavy atom. The summed E-state index contributed by atoms with van der Waals surface area (Å²) in [5.41, 5.74) is 3.86. The van der Waals surface area contributed by atoms with Crippen molar-refractivity contribution in [3.63, 3.8) is 0 Å². The van der Waals surface area contributed by atoms with Gasteiger partial charge >= 0.3 is 0 Å². The van der Waals surface area contributed by atoms with Crippen LogP contribution in [0.25, 0.3) is 0 Å². The smallest absolute Gasteiger partial charge is 0.244 e. The minimum absolute atomic E-state index is 0.248. The number of aryl methyl sites for hydroxylation is 2. The number of hydrogen-bond donors (Lipinski definition) is 1. The van der Waals surface area contributed by atoms with E-state index in [1.54, 1.807) is 6.07 Å². The lowest BCUT2D eigenvalue weighted by atomic mass is 9.99. The Morgan fingerprint density at radius 3 is 2.50 bits per heavy atom. The first-order valence-corrected chi connectivity index (χ1v) is 11.1. The molecule has 6 heteroatoms. The van der Waals surface area contributed by atoms with Gasteiger partial charge in [-0.25, -0.2) is 8.42 Å². The highest BCUT2D eigenvalue weighted by Gasteiger charge is 2.31. The first kappa shape index (κ1) is 20.5. The standard InChI is InChI=1S/C20H30N2O3S/c1-5-19(20(23)21-14-17-9-7-6-8-10-17)22(26(4,24)25)18-12-11-15(2)16(3)13-18/h9,11-13,19H,5-8,10,14H2,1-4H3,(H,21,23). The lowest BCUT2D eigenvalue weighted by molar-refractivity contribution is -0.122. The molecule has 0 aromatic heterocycles. The maximum Gasteiger partial charge on any atom is 0.244 e. The molecule has 0 heterocycles. The van der Waals surface area contributed by atoms with Crippen molar-refractivity contribution in [1.29, 1.82) is 0 Å². The highest BCUT2D eigenvalue weighted by molar-refractivity contribution is 7.92. The molecule has 0 radical (unpaired) electrons. The molecule has 1 amide bonds. The summed E-state index contributed by atoms with van der Waals surface area (Å²) >= 11 is 0. The Bertz CT molecular complexity index is 784. The molecule has 144 valence electrons. The molecule has 2 rings (SSSR count). The zero-order valence-corrected chi connectivity index (χ0v) is 17.0. The first-order chi connectivity index (χ1) is 12.2. The summed E-state index contributed by atoms with van der Waals surface area (Å²) in [6, 6.07) is 4.73. The minimum Gasteiger partial charge on any atom is -0.351 e. The molecule has 1 aromatic carbocycles. The Hall–Kier alpha value is -1.82. The van der Waals surface area contributed by atoms with E-state index in [-0.39, 0.29) is 5.91 Å². The van der Waals surface area contributed by atoms with Crippen LogP contribution in [0.15, 0.2) is 29.8 Å². The normalized spacial score (nSPS) is 15.9. The van der Waals surface area contributed by atoms with Crippen molar-refractivity contribution in [1.82, 2.24) is 5.32 Å². The average Bonchev–Trinajstić information content (AvgIpc) is 2.60. The fourth-order valence-electron chi connectivity index (χ4n) is 3.31. The van der Waals surface area contributed by atoms with Gasteiger partial charge in [0.15, 0.2) is 0 Å². The maximum absolute atomic E-state index is 12.8. The largest absolute Gasteiger partial charge is 0.351 e. The molecule has 0 bridgehead atoms. The van der Waals surface area contributed by atoms with Crippen molar-refractivity contribution in [3.05, 3.63) is 41.0 Å². The molecule has 0 fully saturated rings. The molecule has 0 spiro atoms. The van der Waals surface area contributed by atoms with Gasteiger partial charge < -0.3 is 5.32 Å². The Balaban J connectivity index is 2.24. The summed E-state index contributed by atoms with van der Waals surface area (Å²) in [5.74, 6) is -0.248. The van der Waals surface area contributed by atoms with Crippen LogP contribution in [0, 0.1) is 13.8 Å². The minimum atomic E-state index is -3.59. The SMILES string of the molecule is CCC(C(=O)NCC1=CCCCC1)N(c1ccc(C)c(C)c1)S(C)(=O)=O. The number of rotatable bonds is 7. The summed E-state index contributed by atoms with van der Waals surface area (Å²) in [7, 11) is -3.59. The second-order valence-electron chi connectivity index (χ2n) is 7.08. The highest BCUT2D eigenvalue weighted by Crippen LogP contribution is 2.25. The summed E-state index contributed by atoms with van der Waals surface area (Å²) in [6.45, 7) is 6.25. The molecule has 0 aliphatic heterocycles. The molecular weight excluding hydrogens is 348 g/mol. The van der Waals surface area contributed by atoms with Crippen LogP contribution < -0.4 is 9.62 Å². The van der Waals surface area contributed by atoms with Gasteiger partial charge in [0, 0.05) is 6.54 Å². The van der Waals surface area contributed by atoms with Crippen LogP contribution in [-0.4, -0.2) is 33.2 Å². The van der Waals surface area contributed by atoms with E-state index in [1.165, 1.54) is 16.3 Å². The number of benzene rings is 1. The van der Waals surface area contributed by atoms with E-state index in [0.29, 0.717) is 18.7 Å². The molecule has 1 aromatic rings. The number of allylic oxidation sites excluding steroid dienone is 1. The molecule has 1 aliphatic rings. The van der Waals surface area contributed by atoms with Crippen molar-refractivity contribution in [2.45, 2.75) is 58.9 Å². The topological polar surface area (TPSA) is 66.5 Å². The van der Waals surface area contributed by atoms with E-state index < -0.39 is 16.1 Å². The molecule has 5 nitrogen and oxygen atoms in total. The predicted molar refractivity (Wildman–Crippen MR) is 107 cm³/mol. The summed E-state index contributed by atoms with van der Waals surface area (Å²) in [6.07, 6.45) is 8.15. The van der Waals surface area contributed by atoms with E-state index in [0.717, 1.165) is 36.6 Å². The van der Waals surface area contributed by atoms with Gasteiger partial charge in [0.05, 0.1) is 11.9 Å². The van der Waals surface area contributed by atoms with Crippen molar-refractivity contribution in [2.75, 3.05) is 17.1 Å². The molecule has 1 aliphatic carbocycles. The number of sulfonamides is 1. The van der Waals surface area contributed by atoms with Crippen molar-refractivity contribution in [2.24, 2.45) is 0 Å². The van der Waals surface area contributed by atoms with E-state index in [2.05, 4.69) is 11.4 Å². The van der Waals surface area contributed by atoms with Gasteiger partial charge in [0.25, 0.3) is 0 Å². The lowest BCUT2D eigenvalue weighted by Gasteiger charge is -2.30. The molecule has 0 saturated heterocycles. The predicted octanol–water partition coefficient (Wildman–Crippen LogP) is 3.46. The van der Waals surface area contributed by atoms with Crippen LogP contribution in [0.3, 0.4) is 0 Å². The van der Waals surface area contributed by atoms with Gasteiger partial charge in [0.2, 0.25) is 15.9 Å². The third-order valence-electron chi connectivity index (χ3n) is 4.95. The van der Waals surface area contributed by atoms with E-state index in [9.17, 15) is 13.2 Å². The number of carbonyl (C=O) groups excluding carboxylic acids is 1. The fourth-order valence-corrected chi connectivity index (χ4v) is 4.51. The average molecular weight is 379 g/mol. The highest BCUT2D eigenvalue weighted by atomic mass is 32.2.